The summed E-state index contributed by atoms with van der Waals surface area (Å²) in [5.41, 5.74) is 2.50. The Morgan fingerprint density at radius 3 is 2.55 bits per heavy atom. The van der Waals surface area contributed by atoms with Crippen molar-refractivity contribution in [3.8, 4) is 0 Å². The number of ether oxygens (including phenoxy) is 1. The maximum absolute atomic E-state index is 5.86. The lowest BCUT2D eigenvalue weighted by Gasteiger charge is -2.33. The van der Waals surface area contributed by atoms with E-state index in [-0.39, 0.29) is 6.10 Å². The third kappa shape index (κ3) is 3.62. The summed E-state index contributed by atoms with van der Waals surface area (Å²) >= 11 is 0. The summed E-state index contributed by atoms with van der Waals surface area (Å²) in [6.07, 6.45) is 8.66. The number of aromatic nitrogens is 2. The normalized spacial score (nSPS) is 19.9. The molecule has 0 N–H and O–H groups in total. The van der Waals surface area contributed by atoms with Crippen molar-refractivity contribution < 1.29 is 4.74 Å². The average molecular weight is 269 g/mol. The molecule has 2 aromatic rings. The highest BCUT2D eigenvalue weighted by Gasteiger charge is 2.20. The summed E-state index contributed by atoms with van der Waals surface area (Å²) in [5.74, 6) is 0. The van der Waals surface area contributed by atoms with E-state index in [4.69, 9.17) is 4.74 Å². The highest BCUT2D eigenvalue weighted by molar-refractivity contribution is 5.11. The topological polar surface area (TPSA) is 38.2 Å². The van der Waals surface area contributed by atoms with E-state index in [1.807, 2.05) is 30.7 Å². The van der Waals surface area contributed by atoms with Crippen LogP contribution in [-0.4, -0.2) is 40.7 Å². The quantitative estimate of drug-likeness (QED) is 0.850. The zero-order valence-corrected chi connectivity index (χ0v) is 11.5. The smallest absolute Gasteiger partial charge is 0.0743 e. The fourth-order valence-electron chi connectivity index (χ4n) is 2.58. The molecule has 3 heterocycles. The molecule has 20 heavy (non-hydrogen) atoms. The minimum absolute atomic E-state index is 0.254. The number of rotatable bonds is 4. The Morgan fingerprint density at radius 1 is 1.10 bits per heavy atom. The van der Waals surface area contributed by atoms with Crippen molar-refractivity contribution >= 4 is 0 Å². The van der Waals surface area contributed by atoms with E-state index < -0.39 is 0 Å². The average Bonchev–Trinajstić information content (AvgIpc) is 2.50. The third-order valence-electron chi connectivity index (χ3n) is 3.54. The maximum Gasteiger partial charge on any atom is 0.0743 e. The Labute approximate surface area is 119 Å². The van der Waals surface area contributed by atoms with Crippen LogP contribution < -0.4 is 0 Å². The van der Waals surface area contributed by atoms with Gasteiger partial charge in [0.05, 0.1) is 12.7 Å². The second kappa shape index (κ2) is 6.59. The Kier molecular flexibility index (Phi) is 4.35. The lowest BCUT2D eigenvalue weighted by Crippen LogP contribution is -2.42. The molecule has 2 aromatic heterocycles. The van der Waals surface area contributed by atoms with E-state index in [0.29, 0.717) is 0 Å². The van der Waals surface area contributed by atoms with Gasteiger partial charge in [-0.05, 0) is 23.3 Å². The molecule has 0 radical (unpaired) electrons. The molecule has 1 fully saturated rings. The van der Waals surface area contributed by atoms with Crippen LogP contribution in [-0.2, 0) is 17.7 Å². The van der Waals surface area contributed by atoms with Gasteiger partial charge in [0.2, 0.25) is 0 Å². The van der Waals surface area contributed by atoms with Gasteiger partial charge >= 0.3 is 0 Å². The lowest BCUT2D eigenvalue weighted by molar-refractivity contribution is -0.0305. The summed E-state index contributed by atoms with van der Waals surface area (Å²) in [5, 5.41) is 0. The largest absolute Gasteiger partial charge is 0.375 e. The highest BCUT2D eigenvalue weighted by atomic mass is 16.5. The van der Waals surface area contributed by atoms with E-state index in [0.717, 1.165) is 32.7 Å². The minimum Gasteiger partial charge on any atom is -0.375 e. The fraction of sp³-hybridized carbons (Fsp3) is 0.375. The number of hydrogen-bond donors (Lipinski definition) is 0. The van der Waals surface area contributed by atoms with Crippen LogP contribution in [0.2, 0.25) is 0 Å². The lowest BCUT2D eigenvalue weighted by atomic mass is 10.1. The minimum atomic E-state index is 0.254. The predicted molar refractivity (Wildman–Crippen MR) is 77.2 cm³/mol. The SMILES string of the molecule is c1cncc(C[C@@H]2CN(Cc3cccnc3)CCO2)c1. The summed E-state index contributed by atoms with van der Waals surface area (Å²) < 4.78 is 5.86. The molecule has 3 rings (SSSR count). The molecule has 0 saturated carbocycles. The monoisotopic (exact) mass is 269 g/mol. The molecule has 1 saturated heterocycles. The standard InChI is InChI=1S/C16H19N3O/c1-3-14(10-17-5-1)9-16-13-19(7-8-20-16)12-15-4-2-6-18-11-15/h1-6,10-11,16H,7-9,12-13H2/t16-/m1/s1. The molecular formula is C16H19N3O. The molecule has 0 amide bonds. The van der Waals surface area contributed by atoms with Crippen molar-refractivity contribution in [2.45, 2.75) is 19.1 Å². The fourth-order valence-corrected chi connectivity index (χ4v) is 2.58. The molecule has 1 aliphatic rings. The summed E-state index contributed by atoms with van der Waals surface area (Å²) in [6.45, 7) is 3.69. The van der Waals surface area contributed by atoms with Gasteiger partial charge in [-0.15, -0.1) is 0 Å². The summed E-state index contributed by atoms with van der Waals surface area (Å²) in [6, 6.07) is 8.20. The first kappa shape index (κ1) is 13.2. The van der Waals surface area contributed by atoms with Crippen molar-refractivity contribution in [2.24, 2.45) is 0 Å². The number of pyridine rings is 2. The summed E-state index contributed by atoms with van der Waals surface area (Å²) in [4.78, 5) is 10.8. The van der Waals surface area contributed by atoms with E-state index in [2.05, 4.69) is 27.0 Å². The highest BCUT2D eigenvalue weighted by Crippen LogP contribution is 2.13. The van der Waals surface area contributed by atoms with Crippen molar-refractivity contribution in [1.29, 1.82) is 0 Å². The first-order valence-electron chi connectivity index (χ1n) is 7.02. The van der Waals surface area contributed by atoms with Gasteiger partial charge in [-0.1, -0.05) is 12.1 Å². The number of morpholine rings is 1. The second-order valence-electron chi connectivity index (χ2n) is 5.15. The molecule has 1 atom stereocenters. The van der Waals surface area contributed by atoms with Crippen LogP contribution in [0.15, 0.2) is 49.1 Å². The zero-order valence-electron chi connectivity index (χ0n) is 11.5. The van der Waals surface area contributed by atoms with Gasteiger partial charge in [-0.2, -0.15) is 0 Å². The van der Waals surface area contributed by atoms with Gasteiger partial charge < -0.3 is 4.74 Å². The molecule has 104 valence electrons. The van der Waals surface area contributed by atoms with Crippen molar-refractivity contribution in [2.75, 3.05) is 19.7 Å². The predicted octanol–water partition coefficient (Wildman–Crippen LogP) is 1.92. The Bertz CT molecular complexity index is 470. The molecule has 0 spiro atoms. The van der Waals surface area contributed by atoms with Crippen LogP contribution in [0.25, 0.3) is 0 Å². The molecule has 0 bridgehead atoms. The second-order valence-corrected chi connectivity index (χ2v) is 5.15. The zero-order chi connectivity index (χ0) is 13.6. The van der Waals surface area contributed by atoms with E-state index in [1.54, 1.807) is 6.20 Å². The van der Waals surface area contributed by atoms with Gasteiger partial charge in [0, 0.05) is 50.8 Å². The van der Waals surface area contributed by atoms with Crippen molar-refractivity contribution in [3.63, 3.8) is 0 Å². The molecule has 4 nitrogen and oxygen atoms in total. The van der Waals surface area contributed by atoms with Crippen LogP contribution in [0, 0.1) is 0 Å². The maximum atomic E-state index is 5.86. The van der Waals surface area contributed by atoms with Gasteiger partial charge in [0.25, 0.3) is 0 Å². The van der Waals surface area contributed by atoms with Crippen molar-refractivity contribution in [1.82, 2.24) is 14.9 Å². The van der Waals surface area contributed by atoms with Gasteiger partial charge in [0.1, 0.15) is 0 Å². The van der Waals surface area contributed by atoms with Crippen LogP contribution >= 0.6 is 0 Å². The molecule has 0 aromatic carbocycles. The Balaban J connectivity index is 1.57. The third-order valence-corrected chi connectivity index (χ3v) is 3.54. The van der Waals surface area contributed by atoms with Crippen LogP contribution in [0.4, 0.5) is 0 Å². The molecule has 4 heteroatoms. The summed E-state index contributed by atoms with van der Waals surface area (Å²) in [7, 11) is 0. The van der Waals surface area contributed by atoms with E-state index in [1.165, 1.54) is 11.1 Å². The Hall–Kier alpha value is -1.78. The first-order chi connectivity index (χ1) is 9.90. The Morgan fingerprint density at radius 2 is 1.85 bits per heavy atom. The van der Waals surface area contributed by atoms with E-state index >= 15 is 0 Å². The molecule has 1 aliphatic heterocycles. The van der Waals surface area contributed by atoms with Crippen molar-refractivity contribution in [3.05, 3.63) is 60.2 Å². The van der Waals surface area contributed by atoms with Crippen LogP contribution in [0.3, 0.4) is 0 Å². The van der Waals surface area contributed by atoms with Gasteiger partial charge in [-0.25, -0.2) is 0 Å². The molecule has 0 aliphatic carbocycles. The van der Waals surface area contributed by atoms with Gasteiger partial charge in [0.15, 0.2) is 0 Å². The first-order valence-corrected chi connectivity index (χ1v) is 7.02. The van der Waals surface area contributed by atoms with Crippen LogP contribution in [0.1, 0.15) is 11.1 Å². The molecular weight excluding hydrogens is 250 g/mol. The van der Waals surface area contributed by atoms with E-state index in [9.17, 15) is 0 Å². The van der Waals surface area contributed by atoms with Crippen LogP contribution in [0.5, 0.6) is 0 Å². The molecule has 0 unspecified atom stereocenters. The number of hydrogen-bond acceptors (Lipinski definition) is 4. The number of nitrogens with zero attached hydrogens (tertiary/aromatic N) is 3. The van der Waals surface area contributed by atoms with Gasteiger partial charge in [-0.3, -0.25) is 14.9 Å².